The second-order valence-corrected chi connectivity index (χ2v) is 13.1. The summed E-state index contributed by atoms with van der Waals surface area (Å²) in [6.45, 7) is 12.0. The van der Waals surface area contributed by atoms with Crippen LogP contribution in [0.15, 0.2) is 59.1 Å². The number of nitrogens with one attached hydrogen (secondary N) is 1. The molecule has 3 aliphatic rings. The molecule has 0 saturated heterocycles. The zero-order valence-corrected chi connectivity index (χ0v) is 25.0. The van der Waals surface area contributed by atoms with Gasteiger partial charge in [-0.3, -0.25) is 14.4 Å². The lowest BCUT2D eigenvalue weighted by Crippen LogP contribution is -2.37. The van der Waals surface area contributed by atoms with Gasteiger partial charge >= 0.3 is 0 Å². The number of allylic oxidation sites excluding steroid dienone is 4. The molecule has 0 radical (unpaired) electrons. The number of anilines is 1. The zero-order valence-electron chi connectivity index (χ0n) is 25.0. The third kappa shape index (κ3) is 5.67. The third-order valence-electron chi connectivity index (χ3n) is 8.34. The number of aryl methyl sites for hydroxylation is 1. The average molecular weight is 558 g/mol. The van der Waals surface area contributed by atoms with Gasteiger partial charge in [-0.05, 0) is 59.6 Å². The number of methoxy groups -OCH3 is 1. The number of benzene rings is 2. The van der Waals surface area contributed by atoms with E-state index in [1.807, 2.05) is 44.2 Å². The van der Waals surface area contributed by atoms with Crippen molar-refractivity contribution >= 4 is 23.2 Å². The maximum atomic E-state index is 13.6. The van der Waals surface area contributed by atoms with Crippen LogP contribution in [-0.2, 0) is 19.1 Å². The van der Waals surface area contributed by atoms with E-state index in [-0.39, 0.29) is 34.9 Å². The normalized spacial score (nSPS) is 19.8. The topological polar surface area (TPSA) is 90.9 Å². The second-order valence-electron chi connectivity index (χ2n) is 13.1. The van der Waals surface area contributed by atoms with Crippen LogP contribution in [-0.4, -0.2) is 31.2 Å². The summed E-state index contributed by atoms with van der Waals surface area (Å²) in [7, 11) is 1.53. The number of carbonyl (C=O) groups excluding carboxylic acids is 3. The second kappa shape index (κ2) is 10.5. The number of ether oxygens (including phenoxy) is 3. The van der Waals surface area contributed by atoms with Crippen LogP contribution in [0.3, 0.4) is 0 Å². The van der Waals surface area contributed by atoms with Crippen LogP contribution in [0.1, 0.15) is 76.0 Å². The molecule has 41 heavy (non-hydrogen) atoms. The van der Waals surface area contributed by atoms with Crippen LogP contribution in [0.5, 0.6) is 11.5 Å². The molecule has 0 aromatic heterocycles. The summed E-state index contributed by atoms with van der Waals surface area (Å²) in [6.07, 6.45) is 2.04. The van der Waals surface area contributed by atoms with Gasteiger partial charge in [-0.1, -0.05) is 45.9 Å². The first-order chi connectivity index (χ1) is 19.3. The van der Waals surface area contributed by atoms with Gasteiger partial charge in [0.15, 0.2) is 29.7 Å². The first-order valence-electron chi connectivity index (χ1n) is 14.2. The smallest absolute Gasteiger partial charge is 0.262 e. The summed E-state index contributed by atoms with van der Waals surface area (Å²) in [5.41, 5.74) is 4.29. The molecule has 5 rings (SSSR count). The summed E-state index contributed by atoms with van der Waals surface area (Å²) in [6, 6.07) is 11.2. The Hall–Kier alpha value is -3.87. The minimum Gasteiger partial charge on any atom is -0.493 e. The number of carbonyl (C=O) groups is 3. The summed E-state index contributed by atoms with van der Waals surface area (Å²) in [4.78, 5) is 39.8. The van der Waals surface area contributed by atoms with Crippen molar-refractivity contribution < 1.29 is 28.6 Å². The van der Waals surface area contributed by atoms with E-state index in [1.54, 1.807) is 6.07 Å². The van der Waals surface area contributed by atoms with Gasteiger partial charge in [0.25, 0.3) is 5.91 Å². The van der Waals surface area contributed by atoms with Crippen LogP contribution in [0.2, 0.25) is 0 Å². The van der Waals surface area contributed by atoms with E-state index in [2.05, 4.69) is 33.0 Å². The molecule has 0 bridgehead atoms. The lowest BCUT2D eigenvalue weighted by Gasteiger charge is -2.42. The molecule has 216 valence electrons. The standard InChI is InChI=1S/C34H39NO6/c1-19-9-8-10-22(20(19)2)35-29(38)18-40-25-12-11-21(13-26(25)39-7)30-31-23(36)14-33(3,4)16-27(31)41-28-17-34(5,6)15-24(37)32(28)30/h8-13,30H,14-18H2,1-7H3,(H,35,38). The molecular weight excluding hydrogens is 518 g/mol. The summed E-state index contributed by atoms with van der Waals surface area (Å²) < 4.78 is 17.9. The SMILES string of the molecule is COc1cc(C2C3=C(CC(C)(C)CC3=O)OC3=C2C(=O)CC(C)(C)C3)ccc1OCC(=O)Nc1cccc(C)c1C. The molecule has 0 unspecified atom stereocenters. The Morgan fingerprint density at radius 2 is 1.51 bits per heavy atom. The zero-order chi connectivity index (χ0) is 29.7. The number of hydrogen-bond donors (Lipinski definition) is 1. The number of rotatable bonds is 6. The molecule has 1 heterocycles. The highest BCUT2D eigenvalue weighted by molar-refractivity contribution is 6.06. The maximum Gasteiger partial charge on any atom is 0.262 e. The maximum absolute atomic E-state index is 13.6. The molecule has 0 atom stereocenters. The number of hydrogen-bond acceptors (Lipinski definition) is 6. The fourth-order valence-electron chi connectivity index (χ4n) is 6.21. The van der Waals surface area contributed by atoms with Crippen LogP contribution in [0.4, 0.5) is 5.69 Å². The molecule has 2 aromatic rings. The molecule has 1 amide bonds. The van der Waals surface area contributed by atoms with Crippen LogP contribution < -0.4 is 14.8 Å². The van der Waals surface area contributed by atoms with Gasteiger partial charge in [0.05, 0.1) is 7.11 Å². The third-order valence-corrected chi connectivity index (χ3v) is 8.34. The first-order valence-corrected chi connectivity index (χ1v) is 14.2. The van der Waals surface area contributed by atoms with Crippen molar-refractivity contribution in [1.29, 1.82) is 0 Å². The highest BCUT2D eigenvalue weighted by atomic mass is 16.5. The first kappa shape index (κ1) is 28.7. The van der Waals surface area contributed by atoms with E-state index in [0.717, 1.165) is 22.4 Å². The predicted octanol–water partition coefficient (Wildman–Crippen LogP) is 6.73. The van der Waals surface area contributed by atoms with Crippen LogP contribution in [0.25, 0.3) is 0 Å². The predicted molar refractivity (Wildman–Crippen MR) is 157 cm³/mol. The lowest BCUT2D eigenvalue weighted by atomic mass is 9.65. The minimum absolute atomic E-state index is 0.00726. The molecule has 0 fully saturated rings. The molecule has 2 aliphatic carbocycles. The number of amides is 1. The van der Waals surface area contributed by atoms with Gasteiger partial charge in [-0.25, -0.2) is 0 Å². The highest BCUT2D eigenvalue weighted by Crippen LogP contribution is 2.53. The monoisotopic (exact) mass is 557 g/mol. The molecule has 7 heteroatoms. The molecule has 7 nitrogen and oxygen atoms in total. The quantitative estimate of drug-likeness (QED) is 0.424. The Bertz CT molecular complexity index is 1460. The number of ketones is 2. The van der Waals surface area contributed by atoms with E-state index >= 15 is 0 Å². The Labute approximate surface area is 241 Å². The van der Waals surface area contributed by atoms with Gasteiger partial charge < -0.3 is 19.5 Å². The van der Waals surface area contributed by atoms with Crippen molar-refractivity contribution in [2.75, 3.05) is 19.0 Å². The van der Waals surface area contributed by atoms with Crippen molar-refractivity contribution in [2.45, 2.75) is 73.1 Å². The van der Waals surface area contributed by atoms with Gasteiger partial charge in [0.2, 0.25) is 0 Å². The largest absolute Gasteiger partial charge is 0.493 e. The fourth-order valence-corrected chi connectivity index (χ4v) is 6.21. The summed E-state index contributed by atoms with van der Waals surface area (Å²) >= 11 is 0. The Morgan fingerprint density at radius 1 is 0.902 bits per heavy atom. The molecule has 2 aromatic carbocycles. The lowest BCUT2D eigenvalue weighted by molar-refractivity contribution is -0.120. The Morgan fingerprint density at radius 3 is 2.10 bits per heavy atom. The molecule has 1 aliphatic heterocycles. The van der Waals surface area contributed by atoms with Gasteiger partial charge in [0, 0.05) is 48.4 Å². The summed E-state index contributed by atoms with van der Waals surface area (Å²) in [5.74, 6) is 1.35. The van der Waals surface area contributed by atoms with Crippen molar-refractivity contribution in [3.8, 4) is 11.5 Å². The van der Waals surface area contributed by atoms with E-state index in [4.69, 9.17) is 14.2 Å². The van der Waals surface area contributed by atoms with E-state index in [9.17, 15) is 14.4 Å². The van der Waals surface area contributed by atoms with Crippen molar-refractivity contribution in [2.24, 2.45) is 10.8 Å². The fraction of sp³-hybridized carbons (Fsp3) is 0.441. The summed E-state index contributed by atoms with van der Waals surface area (Å²) in [5, 5.41) is 2.90. The average Bonchev–Trinajstić information content (AvgIpc) is 2.87. The highest BCUT2D eigenvalue weighted by Gasteiger charge is 2.48. The molecular formula is C34H39NO6. The minimum atomic E-state index is -0.531. The molecule has 1 N–H and O–H groups in total. The number of Topliss-reactive ketones (excluding diaryl/α,β-unsaturated/α-hetero) is 2. The van der Waals surface area contributed by atoms with Crippen LogP contribution in [0, 0.1) is 24.7 Å². The Balaban J connectivity index is 1.46. The molecule has 0 spiro atoms. The van der Waals surface area contributed by atoms with Crippen molar-refractivity contribution in [3.63, 3.8) is 0 Å². The van der Waals surface area contributed by atoms with E-state index in [1.165, 1.54) is 7.11 Å². The Kier molecular flexibility index (Phi) is 7.35. The van der Waals surface area contributed by atoms with E-state index in [0.29, 0.717) is 59.8 Å². The van der Waals surface area contributed by atoms with Crippen molar-refractivity contribution in [1.82, 2.24) is 0 Å². The van der Waals surface area contributed by atoms with Gasteiger partial charge in [-0.2, -0.15) is 0 Å². The van der Waals surface area contributed by atoms with Crippen LogP contribution >= 0.6 is 0 Å². The molecule has 0 saturated carbocycles. The van der Waals surface area contributed by atoms with Gasteiger partial charge in [0.1, 0.15) is 11.5 Å². The van der Waals surface area contributed by atoms with Gasteiger partial charge in [-0.15, -0.1) is 0 Å². The van der Waals surface area contributed by atoms with Crippen molar-refractivity contribution in [3.05, 3.63) is 75.8 Å². The van der Waals surface area contributed by atoms with E-state index < -0.39 is 5.92 Å².